The maximum atomic E-state index is 4.69. The molecule has 4 nitrogen and oxygen atoms in total. The zero-order valence-electron chi connectivity index (χ0n) is 13.7. The van der Waals surface area contributed by atoms with Crippen LogP contribution in [0.3, 0.4) is 0 Å². The predicted octanol–water partition coefficient (Wildman–Crippen LogP) is 5.32. The number of hydrogen-bond donors (Lipinski definition) is 1. The number of aromatic nitrogens is 3. The molecule has 4 rings (SSSR count). The van der Waals surface area contributed by atoms with Gasteiger partial charge in [0.05, 0.1) is 10.6 Å². The second-order valence-corrected chi connectivity index (χ2v) is 6.68. The Bertz CT molecular complexity index is 978. The van der Waals surface area contributed by atoms with E-state index in [1.165, 1.54) is 0 Å². The van der Waals surface area contributed by atoms with Crippen molar-refractivity contribution in [2.75, 3.05) is 5.32 Å². The molecule has 0 spiro atoms. The molecular formula is C20H16N4S. The Hall–Kier alpha value is -3.05. The van der Waals surface area contributed by atoms with Gasteiger partial charge in [0.1, 0.15) is 16.6 Å². The highest BCUT2D eigenvalue weighted by Gasteiger charge is 2.08. The number of rotatable bonds is 4. The standard InChI is InChI=1S/C20H16N4S/c1-14-10-11-18(21-12-14)24-19-9-5-8-16(23-19)17-13-22-20(25-17)15-6-3-2-4-7-15/h2-13H,1H3,(H,21,23,24). The van der Waals surface area contributed by atoms with Gasteiger partial charge in [0.2, 0.25) is 0 Å². The van der Waals surface area contributed by atoms with Crippen molar-refractivity contribution >= 4 is 23.0 Å². The molecule has 0 aliphatic heterocycles. The van der Waals surface area contributed by atoms with E-state index in [0.717, 1.165) is 38.3 Å². The van der Waals surface area contributed by atoms with Crippen LogP contribution >= 0.6 is 11.3 Å². The summed E-state index contributed by atoms with van der Waals surface area (Å²) in [5, 5.41) is 4.24. The molecule has 0 saturated heterocycles. The third kappa shape index (κ3) is 3.56. The molecule has 0 amide bonds. The first-order valence-corrected chi connectivity index (χ1v) is 8.78. The van der Waals surface area contributed by atoms with E-state index in [1.807, 2.05) is 67.8 Å². The predicted molar refractivity (Wildman–Crippen MR) is 103 cm³/mol. The summed E-state index contributed by atoms with van der Waals surface area (Å²) in [6, 6.07) is 20.1. The molecule has 0 aliphatic rings. The summed E-state index contributed by atoms with van der Waals surface area (Å²) in [5.41, 5.74) is 3.15. The number of aryl methyl sites for hydroxylation is 1. The van der Waals surface area contributed by atoms with Gasteiger partial charge in [0.25, 0.3) is 0 Å². The molecule has 0 atom stereocenters. The topological polar surface area (TPSA) is 50.7 Å². The highest BCUT2D eigenvalue weighted by molar-refractivity contribution is 7.18. The van der Waals surface area contributed by atoms with Crippen LogP contribution in [0.5, 0.6) is 0 Å². The number of thiazole rings is 1. The second-order valence-electron chi connectivity index (χ2n) is 5.65. The van der Waals surface area contributed by atoms with Crippen LogP contribution in [0.15, 0.2) is 73.1 Å². The van der Waals surface area contributed by atoms with Gasteiger partial charge in [-0.2, -0.15) is 0 Å². The molecule has 3 aromatic heterocycles. The zero-order valence-corrected chi connectivity index (χ0v) is 14.5. The van der Waals surface area contributed by atoms with E-state index in [-0.39, 0.29) is 0 Å². The highest BCUT2D eigenvalue weighted by Crippen LogP contribution is 2.31. The van der Waals surface area contributed by atoms with Crippen molar-refractivity contribution in [3.8, 4) is 21.1 Å². The summed E-state index contributed by atoms with van der Waals surface area (Å²) in [6.07, 6.45) is 3.71. The van der Waals surface area contributed by atoms with Gasteiger partial charge in [-0.3, -0.25) is 0 Å². The second kappa shape index (κ2) is 6.83. The molecule has 122 valence electrons. The molecule has 1 aromatic carbocycles. The van der Waals surface area contributed by atoms with Crippen LogP contribution in [0.4, 0.5) is 11.6 Å². The number of anilines is 2. The summed E-state index contributed by atoms with van der Waals surface area (Å²) >= 11 is 1.64. The Morgan fingerprint density at radius 3 is 2.48 bits per heavy atom. The van der Waals surface area contributed by atoms with Crippen molar-refractivity contribution in [3.63, 3.8) is 0 Å². The van der Waals surface area contributed by atoms with Crippen LogP contribution in [-0.4, -0.2) is 15.0 Å². The summed E-state index contributed by atoms with van der Waals surface area (Å²) in [5.74, 6) is 1.55. The van der Waals surface area contributed by atoms with Crippen molar-refractivity contribution in [1.82, 2.24) is 15.0 Å². The lowest BCUT2D eigenvalue weighted by molar-refractivity contribution is 1.23. The largest absolute Gasteiger partial charge is 0.325 e. The minimum Gasteiger partial charge on any atom is -0.325 e. The maximum absolute atomic E-state index is 4.69. The first-order valence-electron chi connectivity index (χ1n) is 7.96. The Morgan fingerprint density at radius 1 is 0.800 bits per heavy atom. The van der Waals surface area contributed by atoms with Gasteiger partial charge in [0, 0.05) is 18.0 Å². The number of benzene rings is 1. The first kappa shape index (κ1) is 15.5. The molecule has 0 radical (unpaired) electrons. The fourth-order valence-electron chi connectivity index (χ4n) is 2.42. The average Bonchev–Trinajstić information content (AvgIpc) is 3.15. The third-order valence-corrected chi connectivity index (χ3v) is 4.76. The van der Waals surface area contributed by atoms with Crippen LogP contribution in [0, 0.1) is 6.92 Å². The Morgan fingerprint density at radius 2 is 1.68 bits per heavy atom. The first-order chi connectivity index (χ1) is 12.3. The zero-order chi connectivity index (χ0) is 17.1. The number of hydrogen-bond acceptors (Lipinski definition) is 5. The van der Waals surface area contributed by atoms with Gasteiger partial charge in [-0.15, -0.1) is 11.3 Å². The summed E-state index contributed by atoms with van der Waals surface area (Å²) in [7, 11) is 0. The lowest BCUT2D eigenvalue weighted by atomic mass is 10.2. The van der Waals surface area contributed by atoms with Gasteiger partial charge >= 0.3 is 0 Å². The van der Waals surface area contributed by atoms with E-state index in [9.17, 15) is 0 Å². The van der Waals surface area contributed by atoms with E-state index in [4.69, 9.17) is 0 Å². The minimum atomic E-state index is 0.767. The molecule has 0 saturated carbocycles. The average molecular weight is 344 g/mol. The fourth-order valence-corrected chi connectivity index (χ4v) is 3.31. The van der Waals surface area contributed by atoms with Crippen LogP contribution < -0.4 is 5.32 Å². The van der Waals surface area contributed by atoms with Gasteiger partial charge in [-0.1, -0.05) is 42.5 Å². The van der Waals surface area contributed by atoms with E-state index in [0.29, 0.717) is 0 Å². The van der Waals surface area contributed by atoms with Gasteiger partial charge < -0.3 is 5.32 Å². The molecule has 4 aromatic rings. The van der Waals surface area contributed by atoms with Crippen molar-refractivity contribution < 1.29 is 0 Å². The van der Waals surface area contributed by atoms with E-state index >= 15 is 0 Å². The smallest absolute Gasteiger partial charge is 0.132 e. The van der Waals surface area contributed by atoms with Crippen molar-refractivity contribution in [1.29, 1.82) is 0 Å². The lowest BCUT2D eigenvalue weighted by Gasteiger charge is -2.06. The van der Waals surface area contributed by atoms with Crippen LogP contribution in [0.2, 0.25) is 0 Å². The summed E-state index contributed by atoms with van der Waals surface area (Å²) in [4.78, 5) is 14.6. The summed E-state index contributed by atoms with van der Waals surface area (Å²) < 4.78 is 0. The fraction of sp³-hybridized carbons (Fsp3) is 0.0500. The molecular weight excluding hydrogens is 328 g/mol. The molecule has 25 heavy (non-hydrogen) atoms. The van der Waals surface area contributed by atoms with Crippen LogP contribution in [-0.2, 0) is 0 Å². The van der Waals surface area contributed by atoms with E-state index < -0.39 is 0 Å². The molecule has 0 aliphatic carbocycles. The van der Waals surface area contributed by atoms with Crippen LogP contribution in [0.25, 0.3) is 21.1 Å². The number of nitrogens with one attached hydrogen (secondary N) is 1. The van der Waals surface area contributed by atoms with E-state index in [2.05, 4.69) is 32.4 Å². The normalized spacial score (nSPS) is 10.6. The van der Waals surface area contributed by atoms with Gasteiger partial charge in [-0.05, 0) is 30.7 Å². The van der Waals surface area contributed by atoms with Gasteiger partial charge in [0.15, 0.2) is 0 Å². The molecule has 0 unspecified atom stereocenters. The maximum Gasteiger partial charge on any atom is 0.132 e. The molecule has 5 heteroatoms. The molecule has 3 heterocycles. The quantitative estimate of drug-likeness (QED) is 0.544. The molecule has 0 bridgehead atoms. The Kier molecular flexibility index (Phi) is 4.23. The van der Waals surface area contributed by atoms with Crippen molar-refractivity contribution in [2.24, 2.45) is 0 Å². The molecule has 1 N–H and O–H groups in total. The third-order valence-electron chi connectivity index (χ3n) is 3.70. The Balaban J connectivity index is 1.59. The van der Waals surface area contributed by atoms with E-state index in [1.54, 1.807) is 11.3 Å². The van der Waals surface area contributed by atoms with Crippen LogP contribution in [0.1, 0.15) is 5.56 Å². The Labute approximate surface area is 150 Å². The molecule has 0 fully saturated rings. The number of pyridine rings is 2. The monoisotopic (exact) mass is 344 g/mol. The highest BCUT2D eigenvalue weighted by atomic mass is 32.1. The minimum absolute atomic E-state index is 0.767. The van der Waals surface area contributed by atoms with Gasteiger partial charge in [-0.25, -0.2) is 15.0 Å². The number of nitrogens with zero attached hydrogens (tertiary/aromatic N) is 3. The van der Waals surface area contributed by atoms with Crippen molar-refractivity contribution in [3.05, 3.63) is 78.6 Å². The lowest BCUT2D eigenvalue weighted by Crippen LogP contribution is -1.96. The van der Waals surface area contributed by atoms with Crippen molar-refractivity contribution in [2.45, 2.75) is 6.92 Å². The SMILES string of the molecule is Cc1ccc(Nc2cccc(-c3cnc(-c4ccccc4)s3)n2)nc1. The summed E-state index contributed by atoms with van der Waals surface area (Å²) in [6.45, 7) is 2.02.